The highest BCUT2D eigenvalue weighted by Crippen LogP contribution is 2.21. The van der Waals surface area contributed by atoms with Crippen molar-refractivity contribution in [2.45, 2.75) is 43.5 Å². The summed E-state index contributed by atoms with van der Waals surface area (Å²) in [5, 5.41) is 2.83. The zero-order valence-electron chi connectivity index (χ0n) is 18.1. The minimum absolute atomic E-state index is 0.0461. The quantitative estimate of drug-likeness (QED) is 0.725. The number of nitrogens with one attached hydrogen (secondary N) is 1. The maximum atomic E-state index is 12.9. The van der Waals surface area contributed by atoms with E-state index in [1.165, 1.54) is 16.4 Å². The highest BCUT2D eigenvalue weighted by atomic mass is 32.2. The van der Waals surface area contributed by atoms with Crippen LogP contribution in [0.15, 0.2) is 53.4 Å². The first-order valence-corrected chi connectivity index (χ1v) is 12.7. The zero-order valence-corrected chi connectivity index (χ0v) is 18.9. The summed E-state index contributed by atoms with van der Waals surface area (Å²) in [6, 6.07) is 13.4. The van der Waals surface area contributed by atoms with Gasteiger partial charge >= 0.3 is 0 Å². The van der Waals surface area contributed by atoms with Crippen LogP contribution in [0.1, 0.15) is 58.4 Å². The number of hydrogen-bond acceptors (Lipinski definition) is 4. The number of sulfonamides is 1. The normalized spacial score (nSPS) is 17.3. The van der Waals surface area contributed by atoms with Crippen LogP contribution in [0.2, 0.25) is 0 Å². The number of rotatable bonds is 6. The van der Waals surface area contributed by atoms with Gasteiger partial charge in [-0.15, -0.1) is 0 Å². The maximum Gasteiger partial charge on any atom is 0.253 e. The molecule has 0 spiro atoms. The second-order valence-corrected chi connectivity index (χ2v) is 10.3. The molecule has 2 amide bonds. The molecule has 2 fully saturated rings. The molecule has 0 aromatic heterocycles. The largest absolute Gasteiger partial charge is 0.348 e. The molecule has 2 aromatic carbocycles. The van der Waals surface area contributed by atoms with Crippen molar-refractivity contribution in [3.05, 3.63) is 65.2 Å². The van der Waals surface area contributed by atoms with Gasteiger partial charge in [0.1, 0.15) is 0 Å². The highest BCUT2D eigenvalue weighted by molar-refractivity contribution is 7.89. The van der Waals surface area contributed by atoms with E-state index in [9.17, 15) is 18.0 Å². The second kappa shape index (κ2) is 9.83. The second-order valence-electron chi connectivity index (χ2n) is 8.37. The average Bonchev–Trinajstić information content (AvgIpc) is 3.38. The Balaban J connectivity index is 1.38. The van der Waals surface area contributed by atoms with E-state index in [-0.39, 0.29) is 16.7 Å². The van der Waals surface area contributed by atoms with Gasteiger partial charge in [-0.05, 0) is 61.6 Å². The number of amides is 2. The Morgan fingerprint density at radius 1 is 0.812 bits per heavy atom. The van der Waals surface area contributed by atoms with Crippen molar-refractivity contribution >= 4 is 21.8 Å². The van der Waals surface area contributed by atoms with Gasteiger partial charge in [-0.3, -0.25) is 9.59 Å². The minimum atomic E-state index is -3.59. The molecule has 2 aliphatic rings. The molecule has 4 rings (SSSR count). The summed E-state index contributed by atoms with van der Waals surface area (Å²) < 4.78 is 27.3. The van der Waals surface area contributed by atoms with Crippen molar-refractivity contribution in [3.63, 3.8) is 0 Å². The number of hydrogen-bond donors (Lipinski definition) is 1. The van der Waals surface area contributed by atoms with Gasteiger partial charge in [-0.25, -0.2) is 8.42 Å². The fourth-order valence-electron chi connectivity index (χ4n) is 4.20. The fraction of sp³-hybridized carbons (Fsp3) is 0.417. The molecule has 2 aromatic rings. The summed E-state index contributed by atoms with van der Waals surface area (Å²) in [6.45, 7) is 2.95. The molecule has 2 heterocycles. The van der Waals surface area contributed by atoms with Gasteiger partial charge in [0.05, 0.1) is 4.90 Å². The minimum Gasteiger partial charge on any atom is -0.348 e. The van der Waals surface area contributed by atoms with E-state index in [1.54, 1.807) is 24.3 Å². The predicted molar refractivity (Wildman–Crippen MR) is 122 cm³/mol. The van der Waals surface area contributed by atoms with Crippen molar-refractivity contribution in [1.82, 2.24) is 14.5 Å². The number of nitrogens with zero attached hydrogens (tertiary/aromatic N) is 2. The smallest absolute Gasteiger partial charge is 0.253 e. The number of benzene rings is 2. The molecule has 0 radical (unpaired) electrons. The van der Waals surface area contributed by atoms with Crippen LogP contribution >= 0.6 is 0 Å². The molecule has 1 N–H and O–H groups in total. The zero-order chi connectivity index (χ0) is 22.6. The third kappa shape index (κ3) is 5.02. The fourth-order valence-corrected chi connectivity index (χ4v) is 5.77. The summed E-state index contributed by atoms with van der Waals surface area (Å²) in [5.41, 5.74) is 1.83. The van der Waals surface area contributed by atoms with Crippen LogP contribution in [0.4, 0.5) is 0 Å². The van der Waals surface area contributed by atoms with Crippen LogP contribution in [0.5, 0.6) is 0 Å². The monoisotopic (exact) mass is 455 g/mol. The van der Waals surface area contributed by atoms with Crippen LogP contribution in [-0.4, -0.2) is 55.6 Å². The first kappa shape index (κ1) is 22.5. The summed E-state index contributed by atoms with van der Waals surface area (Å²) in [5.74, 6) is -0.289. The molecule has 0 aliphatic carbocycles. The molecule has 2 aliphatic heterocycles. The standard InChI is InChI=1S/C24H29N3O4S/c28-23(21-7-6-8-22(17-21)32(30,31)27-15-2-1-3-16-27)25-18-19-9-11-20(12-10-19)24(29)26-13-4-5-14-26/h6-12,17H,1-5,13-16,18H2,(H,25,28). The molecule has 0 atom stereocenters. The lowest BCUT2D eigenvalue weighted by atomic mass is 10.1. The molecule has 0 saturated carbocycles. The van der Waals surface area contributed by atoms with Gasteiger partial charge in [-0.1, -0.05) is 24.6 Å². The van der Waals surface area contributed by atoms with Crippen molar-refractivity contribution in [2.24, 2.45) is 0 Å². The molecular weight excluding hydrogens is 426 g/mol. The van der Waals surface area contributed by atoms with Gasteiger partial charge < -0.3 is 10.2 Å². The summed E-state index contributed by atoms with van der Waals surface area (Å²) in [6.07, 6.45) is 4.87. The van der Waals surface area contributed by atoms with Gasteiger partial charge in [-0.2, -0.15) is 4.31 Å². The topological polar surface area (TPSA) is 86.8 Å². The number of carbonyl (C=O) groups is 2. The van der Waals surface area contributed by atoms with E-state index in [4.69, 9.17) is 0 Å². The van der Waals surface area contributed by atoms with E-state index >= 15 is 0 Å². The third-order valence-corrected chi connectivity index (χ3v) is 7.99. The van der Waals surface area contributed by atoms with Crippen LogP contribution in [0.25, 0.3) is 0 Å². The summed E-state index contributed by atoms with van der Waals surface area (Å²) >= 11 is 0. The first-order chi connectivity index (χ1) is 15.4. The Bertz CT molecular complexity index is 1070. The van der Waals surface area contributed by atoms with Crippen molar-refractivity contribution in [2.75, 3.05) is 26.2 Å². The summed E-state index contributed by atoms with van der Waals surface area (Å²) in [4.78, 5) is 27.1. The Kier molecular flexibility index (Phi) is 6.91. The lowest BCUT2D eigenvalue weighted by Gasteiger charge is -2.26. The molecular formula is C24H29N3O4S. The molecule has 170 valence electrons. The van der Waals surface area contributed by atoms with E-state index in [0.29, 0.717) is 30.8 Å². The number of likely N-dealkylation sites (tertiary alicyclic amines) is 1. The maximum absolute atomic E-state index is 12.9. The highest BCUT2D eigenvalue weighted by Gasteiger charge is 2.26. The van der Waals surface area contributed by atoms with E-state index < -0.39 is 10.0 Å². The molecule has 8 heteroatoms. The lowest BCUT2D eigenvalue weighted by Crippen LogP contribution is -2.35. The van der Waals surface area contributed by atoms with Crippen molar-refractivity contribution in [3.8, 4) is 0 Å². The Morgan fingerprint density at radius 2 is 1.47 bits per heavy atom. The molecule has 2 saturated heterocycles. The summed E-state index contributed by atoms with van der Waals surface area (Å²) in [7, 11) is -3.59. The van der Waals surface area contributed by atoms with Gasteiger partial charge in [0.15, 0.2) is 0 Å². The number of piperidine rings is 1. The third-order valence-electron chi connectivity index (χ3n) is 6.10. The average molecular weight is 456 g/mol. The van der Waals surface area contributed by atoms with Crippen LogP contribution in [0.3, 0.4) is 0 Å². The van der Waals surface area contributed by atoms with Gasteiger partial charge in [0.25, 0.3) is 11.8 Å². The van der Waals surface area contributed by atoms with Crippen molar-refractivity contribution < 1.29 is 18.0 Å². The molecule has 7 nitrogen and oxygen atoms in total. The molecule has 0 bridgehead atoms. The predicted octanol–water partition coefficient (Wildman–Crippen LogP) is 3.03. The van der Waals surface area contributed by atoms with Gasteiger partial charge in [0, 0.05) is 43.9 Å². The lowest BCUT2D eigenvalue weighted by molar-refractivity contribution is 0.0792. The van der Waals surface area contributed by atoms with Gasteiger partial charge in [0.2, 0.25) is 10.0 Å². The Hall–Kier alpha value is -2.71. The van der Waals surface area contributed by atoms with E-state index in [0.717, 1.165) is 50.8 Å². The van der Waals surface area contributed by atoms with E-state index in [1.807, 2.05) is 17.0 Å². The van der Waals surface area contributed by atoms with E-state index in [2.05, 4.69) is 5.32 Å². The van der Waals surface area contributed by atoms with Crippen LogP contribution in [-0.2, 0) is 16.6 Å². The Morgan fingerprint density at radius 3 is 2.16 bits per heavy atom. The number of carbonyl (C=O) groups excluding carboxylic acids is 2. The first-order valence-electron chi connectivity index (χ1n) is 11.2. The van der Waals surface area contributed by atoms with Crippen LogP contribution in [0, 0.1) is 0 Å². The molecule has 32 heavy (non-hydrogen) atoms. The van der Waals surface area contributed by atoms with Crippen molar-refractivity contribution in [1.29, 1.82) is 0 Å². The van der Waals surface area contributed by atoms with Crippen LogP contribution < -0.4 is 5.32 Å². The SMILES string of the molecule is O=C(NCc1ccc(C(=O)N2CCCC2)cc1)c1cccc(S(=O)(=O)N2CCCCC2)c1. The Labute approximate surface area is 189 Å². The molecule has 0 unspecified atom stereocenters.